The average Bonchev–Trinajstić information content (AvgIpc) is 3.01. The smallest absolute Gasteiger partial charge is 0.259 e. The van der Waals surface area contributed by atoms with Crippen molar-refractivity contribution in [1.82, 2.24) is 4.67 Å². The van der Waals surface area contributed by atoms with Crippen LogP contribution >= 0.6 is 20.3 Å². The van der Waals surface area contributed by atoms with Gasteiger partial charge in [-0.1, -0.05) is 36.4 Å². The van der Waals surface area contributed by atoms with Crippen molar-refractivity contribution in [3.05, 3.63) is 89.5 Å². The van der Waals surface area contributed by atoms with E-state index in [2.05, 4.69) is 74.8 Å². The van der Waals surface area contributed by atoms with E-state index in [4.69, 9.17) is 28.5 Å². The van der Waals surface area contributed by atoms with Gasteiger partial charge in [-0.05, 0) is 80.8 Å². The second-order valence-electron chi connectivity index (χ2n) is 10.1. The summed E-state index contributed by atoms with van der Waals surface area (Å²) in [7, 11) is 3.70. The van der Waals surface area contributed by atoms with Gasteiger partial charge in [-0.15, -0.1) is 11.8 Å². The van der Waals surface area contributed by atoms with Crippen molar-refractivity contribution in [2.24, 2.45) is 0 Å². The van der Waals surface area contributed by atoms with E-state index in [1.165, 1.54) is 0 Å². The number of methoxy groups -OCH3 is 3. The summed E-state index contributed by atoms with van der Waals surface area (Å²) in [6, 6.07) is 27.4. The third-order valence-electron chi connectivity index (χ3n) is 6.76. The Kier molecular flexibility index (Phi) is 13.4. The third-order valence-corrected chi connectivity index (χ3v) is 10.4. The van der Waals surface area contributed by atoms with Crippen LogP contribution in [0.5, 0.6) is 17.2 Å². The van der Waals surface area contributed by atoms with Crippen LogP contribution in [0, 0.1) is 11.3 Å². The van der Waals surface area contributed by atoms with Crippen LogP contribution in [0.25, 0.3) is 0 Å². The zero-order valence-corrected chi connectivity index (χ0v) is 27.4. The van der Waals surface area contributed by atoms with Crippen molar-refractivity contribution in [2.75, 3.05) is 40.3 Å². The van der Waals surface area contributed by atoms with Gasteiger partial charge >= 0.3 is 0 Å². The predicted molar refractivity (Wildman–Crippen MR) is 172 cm³/mol. The molecular weight excluding hydrogens is 567 g/mol. The fourth-order valence-corrected chi connectivity index (χ4v) is 7.95. The summed E-state index contributed by atoms with van der Waals surface area (Å²) >= 11 is 1.80. The Bertz CT molecular complexity index is 1120. The van der Waals surface area contributed by atoms with Crippen molar-refractivity contribution in [3.8, 4) is 23.3 Å². The largest absolute Gasteiger partial charge is 0.497 e. The van der Waals surface area contributed by atoms with E-state index in [0.29, 0.717) is 25.4 Å². The van der Waals surface area contributed by atoms with Crippen molar-refractivity contribution in [1.29, 1.82) is 5.26 Å². The van der Waals surface area contributed by atoms with Crippen LogP contribution in [0.15, 0.2) is 72.8 Å². The Morgan fingerprint density at radius 2 is 1.07 bits per heavy atom. The van der Waals surface area contributed by atoms with Gasteiger partial charge < -0.3 is 23.3 Å². The quantitative estimate of drug-likeness (QED) is 0.0864. The molecular formula is C33H43N2O5PS. The van der Waals surface area contributed by atoms with E-state index in [1.54, 1.807) is 33.1 Å². The lowest BCUT2D eigenvalue weighted by Crippen LogP contribution is -2.34. The van der Waals surface area contributed by atoms with Gasteiger partial charge in [-0.25, -0.2) is 4.67 Å². The predicted octanol–water partition coefficient (Wildman–Crippen LogP) is 8.03. The summed E-state index contributed by atoms with van der Waals surface area (Å²) in [5.74, 6) is 3.09. The highest BCUT2D eigenvalue weighted by molar-refractivity contribution is 8.00. The maximum absolute atomic E-state index is 9.06. The maximum atomic E-state index is 9.06. The van der Waals surface area contributed by atoms with E-state index >= 15 is 0 Å². The number of benzene rings is 3. The minimum atomic E-state index is -1.33. The first kappa shape index (κ1) is 33.7. The monoisotopic (exact) mass is 610 g/mol. The van der Waals surface area contributed by atoms with E-state index in [-0.39, 0.29) is 12.1 Å². The number of nitrogens with zero attached hydrogens (tertiary/aromatic N) is 2. The van der Waals surface area contributed by atoms with Crippen LogP contribution in [-0.4, -0.2) is 57.1 Å². The molecule has 0 spiro atoms. The lowest BCUT2D eigenvalue weighted by molar-refractivity contribution is 0.182. The molecule has 0 aromatic heterocycles. The highest BCUT2D eigenvalue weighted by Gasteiger charge is 2.37. The second-order valence-corrected chi connectivity index (χ2v) is 12.9. The Morgan fingerprint density at radius 1 is 0.690 bits per heavy atom. The third kappa shape index (κ3) is 8.40. The molecule has 0 saturated heterocycles. The molecule has 0 N–H and O–H groups in total. The van der Waals surface area contributed by atoms with Crippen LogP contribution in [0.2, 0.25) is 0 Å². The molecule has 0 saturated carbocycles. The van der Waals surface area contributed by atoms with Crippen LogP contribution in [-0.2, 0) is 13.8 Å². The molecule has 0 heterocycles. The molecule has 0 aliphatic rings. The molecule has 1 unspecified atom stereocenters. The summed E-state index contributed by atoms with van der Waals surface area (Å²) < 4.78 is 30.7. The summed E-state index contributed by atoms with van der Waals surface area (Å²) in [5.41, 5.74) is 3.34. The summed E-state index contributed by atoms with van der Waals surface area (Å²) in [5, 5.41) is 9.06. The van der Waals surface area contributed by atoms with E-state index in [1.807, 2.05) is 36.4 Å². The SMILES string of the molecule is COc1ccc(C(SCCOP(OCCC#N)N(C(C)C)C(C)C)(c2ccc(OC)cc2)c2ccc(OC)cc2)cc1. The summed E-state index contributed by atoms with van der Waals surface area (Å²) in [6.07, 6.45) is 0.330. The topological polar surface area (TPSA) is 73.2 Å². The molecule has 0 fully saturated rings. The van der Waals surface area contributed by atoms with Gasteiger partial charge in [-0.3, -0.25) is 0 Å². The fourth-order valence-electron chi connectivity index (χ4n) is 4.85. The number of hydrogen-bond acceptors (Lipinski definition) is 8. The molecule has 7 nitrogen and oxygen atoms in total. The molecule has 1 atom stereocenters. The van der Waals surface area contributed by atoms with Gasteiger partial charge in [0.1, 0.15) is 17.2 Å². The van der Waals surface area contributed by atoms with Crippen LogP contribution < -0.4 is 14.2 Å². The van der Waals surface area contributed by atoms with E-state index in [0.717, 1.165) is 33.9 Å². The molecule has 0 radical (unpaired) electrons. The van der Waals surface area contributed by atoms with Gasteiger partial charge in [0.2, 0.25) is 0 Å². The van der Waals surface area contributed by atoms with Crippen molar-refractivity contribution < 1.29 is 23.3 Å². The first-order valence-corrected chi connectivity index (χ1v) is 16.2. The molecule has 3 aromatic rings. The lowest BCUT2D eigenvalue weighted by atomic mass is 9.84. The van der Waals surface area contributed by atoms with Crippen molar-refractivity contribution in [2.45, 2.75) is 50.9 Å². The minimum absolute atomic E-state index is 0.239. The van der Waals surface area contributed by atoms with E-state index in [9.17, 15) is 0 Å². The van der Waals surface area contributed by atoms with Crippen LogP contribution in [0.1, 0.15) is 50.8 Å². The first-order chi connectivity index (χ1) is 20.3. The van der Waals surface area contributed by atoms with Crippen molar-refractivity contribution >= 4 is 20.3 Å². The normalized spacial score (nSPS) is 12.4. The van der Waals surface area contributed by atoms with Gasteiger partial charge in [0.15, 0.2) is 0 Å². The van der Waals surface area contributed by atoms with Gasteiger partial charge in [-0.2, -0.15) is 5.26 Å². The Morgan fingerprint density at radius 3 is 1.40 bits per heavy atom. The molecule has 226 valence electrons. The van der Waals surface area contributed by atoms with E-state index < -0.39 is 13.3 Å². The van der Waals surface area contributed by atoms with Crippen LogP contribution in [0.4, 0.5) is 0 Å². The number of nitriles is 1. The number of rotatable bonds is 17. The highest BCUT2D eigenvalue weighted by atomic mass is 32.2. The average molecular weight is 611 g/mol. The highest BCUT2D eigenvalue weighted by Crippen LogP contribution is 2.51. The Balaban J connectivity index is 2.01. The number of ether oxygens (including phenoxy) is 3. The number of hydrogen-bond donors (Lipinski definition) is 0. The van der Waals surface area contributed by atoms with Gasteiger partial charge in [0.25, 0.3) is 8.53 Å². The Labute approximate surface area is 257 Å². The molecule has 0 aliphatic heterocycles. The molecule has 3 rings (SSSR count). The maximum Gasteiger partial charge on any atom is 0.259 e. The summed E-state index contributed by atoms with van der Waals surface area (Å²) in [4.78, 5) is 0. The zero-order chi connectivity index (χ0) is 30.5. The molecule has 0 bridgehead atoms. The molecule has 3 aromatic carbocycles. The minimum Gasteiger partial charge on any atom is -0.497 e. The molecule has 0 amide bonds. The second kappa shape index (κ2) is 16.7. The summed E-state index contributed by atoms with van der Waals surface area (Å²) in [6.45, 7) is 9.39. The van der Waals surface area contributed by atoms with Crippen LogP contribution in [0.3, 0.4) is 0 Å². The van der Waals surface area contributed by atoms with Gasteiger partial charge in [0.05, 0.1) is 51.8 Å². The zero-order valence-electron chi connectivity index (χ0n) is 25.7. The Hall–Kier alpha value is -2.79. The molecule has 9 heteroatoms. The van der Waals surface area contributed by atoms with Crippen molar-refractivity contribution in [3.63, 3.8) is 0 Å². The first-order valence-electron chi connectivity index (χ1n) is 14.1. The standard InChI is InChI=1S/C33H43N2O5PS/c1-25(2)35(26(3)4)41(39-22-8-21-34)40-23-24-42-33(27-9-15-30(36-5)16-10-27,28-11-17-31(37-6)18-12-28)29-13-19-32(38-7)20-14-29/h9-20,25-26H,8,22-24H2,1-7H3. The van der Waals surface area contributed by atoms with Gasteiger partial charge in [0, 0.05) is 17.8 Å². The lowest BCUT2D eigenvalue weighted by Gasteiger charge is -2.37. The number of thioether (sulfide) groups is 1. The molecule has 0 aliphatic carbocycles. The molecule has 42 heavy (non-hydrogen) atoms. The fraction of sp³-hybridized carbons (Fsp3) is 0.424.